The van der Waals surface area contributed by atoms with Gasteiger partial charge in [0, 0.05) is 17.3 Å². The summed E-state index contributed by atoms with van der Waals surface area (Å²) in [6.45, 7) is 0. The third-order valence-corrected chi connectivity index (χ3v) is 3.59. The van der Waals surface area contributed by atoms with Crippen LogP contribution in [-0.2, 0) is 0 Å². The van der Waals surface area contributed by atoms with Gasteiger partial charge in [-0.15, -0.1) is 11.3 Å². The smallest absolute Gasteiger partial charge is 0.259 e. The number of thiazole rings is 1. The zero-order valence-electron chi connectivity index (χ0n) is 11.5. The number of hydrogen-bond acceptors (Lipinski definition) is 5. The molecule has 0 fully saturated rings. The number of nitrogens with two attached hydrogens (primary N) is 1. The van der Waals surface area contributed by atoms with Gasteiger partial charge in [-0.3, -0.25) is 10.1 Å². The topological polar surface area (TPSA) is 77.2 Å². The first-order valence-corrected chi connectivity index (χ1v) is 7.43. The number of para-hydroxylation sites is 1. The van der Waals surface area contributed by atoms with Crippen molar-refractivity contribution in [2.24, 2.45) is 0 Å². The molecular weight excluding hydrogens is 298 g/mol. The third kappa shape index (κ3) is 3.24. The fourth-order valence-corrected chi connectivity index (χ4v) is 2.39. The van der Waals surface area contributed by atoms with Gasteiger partial charge >= 0.3 is 0 Å². The Hall–Kier alpha value is -2.86. The van der Waals surface area contributed by atoms with Gasteiger partial charge in [-0.25, -0.2) is 4.98 Å². The molecule has 3 N–H and O–H groups in total. The fraction of sp³-hybridized carbons (Fsp3) is 0. The lowest BCUT2D eigenvalue weighted by atomic mass is 10.1. The van der Waals surface area contributed by atoms with Crippen molar-refractivity contribution in [3.63, 3.8) is 0 Å². The highest BCUT2D eigenvalue weighted by atomic mass is 32.1. The van der Waals surface area contributed by atoms with E-state index in [-0.39, 0.29) is 5.91 Å². The highest BCUT2D eigenvalue weighted by Gasteiger charge is 2.13. The van der Waals surface area contributed by atoms with Crippen LogP contribution in [0.2, 0.25) is 0 Å². The lowest BCUT2D eigenvalue weighted by Gasteiger charge is -2.09. The lowest BCUT2D eigenvalue weighted by molar-refractivity contribution is 0.102. The number of rotatable bonds is 4. The van der Waals surface area contributed by atoms with Gasteiger partial charge in [0.1, 0.15) is 11.5 Å². The third-order valence-electron chi connectivity index (χ3n) is 2.90. The maximum Gasteiger partial charge on any atom is 0.259 e. The van der Waals surface area contributed by atoms with Crippen molar-refractivity contribution in [2.75, 3.05) is 11.1 Å². The molecule has 1 aromatic heterocycles. The molecule has 3 rings (SSSR count). The SMILES string of the molecule is Nc1ccc(Oc2ccccc2)cc1C(=O)Nc1nccs1. The van der Waals surface area contributed by atoms with Crippen LogP contribution in [0.1, 0.15) is 10.4 Å². The molecule has 1 amide bonds. The molecule has 0 saturated carbocycles. The van der Waals surface area contributed by atoms with E-state index in [1.165, 1.54) is 11.3 Å². The first-order valence-electron chi connectivity index (χ1n) is 6.55. The number of benzene rings is 2. The second-order valence-electron chi connectivity index (χ2n) is 4.46. The van der Waals surface area contributed by atoms with Gasteiger partial charge < -0.3 is 10.5 Å². The van der Waals surface area contributed by atoms with Crippen LogP contribution >= 0.6 is 11.3 Å². The molecule has 2 aromatic carbocycles. The lowest BCUT2D eigenvalue weighted by Crippen LogP contribution is -2.13. The molecule has 0 bridgehead atoms. The summed E-state index contributed by atoms with van der Waals surface area (Å²) in [6, 6.07) is 14.3. The number of anilines is 2. The highest BCUT2D eigenvalue weighted by Crippen LogP contribution is 2.25. The molecule has 0 aliphatic rings. The monoisotopic (exact) mass is 311 g/mol. The van der Waals surface area contributed by atoms with Gasteiger partial charge in [-0.2, -0.15) is 0 Å². The van der Waals surface area contributed by atoms with E-state index in [1.54, 1.807) is 29.8 Å². The molecular formula is C16H13N3O2S. The minimum Gasteiger partial charge on any atom is -0.457 e. The van der Waals surface area contributed by atoms with E-state index in [2.05, 4.69) is 10.3 Å². The van der Waals surface area contributed by atoms with Crippen LogP contribution < -0.4 is 15.8 Å². The van der Waals surface area contributed by atoms with Crippen LogP contribution in [0.25, 0.3) is 0 Å². The van der Waals surface area contributed by atoms with E-state index in [4.69, 9.17) is 10.5 Å². The van der Waals surface area contributed by atoms with Gasteiger partial charge in [0.15, 0.2) is 5.13 Å². The molecule has 5 nitrogen and oxygen atoms in total. The van der Waals surface area contributed by atoms with Crippen molar-refractivity contribution < 1.29 is 9.53 Å². The summed E-state index contributed by atoms with van der Waals surface area (Å²) in [4.78, 5) is 16.3. The van der Waals surface area contributed by atoms with E-state index in [0.717, 1.165) is 0 Å². The Kier molecular flexibility index (Phi) is 4.02. The maximum absolute atomic E-state index is 12.3. The van der Waals surface area contributed by atoms with E-state index >= 15 is 0 Å². The van der Waals surface area contributed by atoms with Crippen LogP contribution in [0, 0.1) is 0 Å². The molecule has 0 radical (unpaired) electrons. The minimum atomic E-state index is -0.314. The number of nitrogens with one attached hydrogen (secondary N) is 1. The Morgan fingerprint density at radius 3 is 2.68 bits per heavy atom. The molecule has 6 heteroatoms. The summed E-state index contributed by atoms with van der Waals surface area (Å²) in [7, 11) is 0. The molecule has 0 aliphatic heterocycles. The normalized spacial score (nSPS) is 10.2. The van der Waals surface area contributed by atoms with Crippen molar-refractivity contribution >= 4 is 28.1 Å². The number of amides is 1. The molecule has 0 saturated heterocycles. The van der Waals surface area contributed by atoms with Crippen molar-refractivity contribution in [1.29, 1.82) is 0 Å². The molecule has 0 atom stereocenters. The fourth-order valence-electron chi connectivity index (χ4n) is 1.87. The zero-order valence-corrected chi connectivity index (χ0v) is 12.3. The number of ether oxygens (including phenoxy) is 1. The Morgan fingerprint density at radius 1 is 1.14 bits per heavy atom. The van der Waals surface area contributed by atoms with Gasteiger partial charge in [0.2, 0.25) is 0 Å². The number of nitrogens with zero attached hydrogens (tertiary/aromatic N) is 1. The number of carbonyl (C=O) groups is 1. The van der Waals surface area contributed by atoms with E-state index in [1.807, 2.05) is 30.3 Å². The molecule has 1 heterocycles. The Bertz CT molecular complexity index is 773. The predicted octanol–water partition coefficient (Wildman–Crippen LogP) is 3.77. The van der Waals surface area contributed by atoms with Gasteiger partial charge in [-0.1, -0.05) is 18.2 Å². The number of hydrogen-bond donors (Lipinski definition) is 2. The van der Waals surface area contributed by atoms with Gasteiger partial charge in [-0.05, 0) is 30.3 Å². The highest BCUT2D eigenvalue weighted by molar-refractivity contribution is 7.13. The quantitative estimate of drug-likeness (QED) is 0.719. The van der Waals surface area contributed by atoms with Crippen molar-refractivity contribution in [3.8, 4) is 11.5 Å². The average Bonchev–Trinajstić information content (AvgIpc) is 3.03. The van der Waals surface area contributed by atoms with Gasteiger partial charge in [0.05, 0.1) is 5.56 Å². The summed E-state index contributed by atoms with van der Waals surface area (Å²) in [5.74, 6) is 0.925. The largest absolute Gasteiger partial charge is 0.457 e. The Balaban J connectivity index is 1.82. The summed E-state index contributed by atoms with van der Waals surface area (Å²) >= 11 is 1.34. The number of aromatic nitrogens is 1. The average molecular weight is 311 g/mol. The Morgan fingerprint density at radius 2 is 1.95 bits per heavy atom. The summed E-state index contributed by atoms with van der Waals surface area (Å²) in [5, 5.41) is 5.02. The molecule has 0 unspecified atom stereocenters. The molecule has 0 spiro atoms. The van der Waals surface area contributed by atoms with E-state index in [9.17, 15) is 4.79 Å². The van der Waals surface area contributed by atoms with E-state index in [0.29, 0.717) is 27.9 Å². The Labute approximate surface area is 131 Å². The minimum absolute atomic E-state index is 0.314. The van der Waals surface area contributed by atoms with Crippen LogP contribution in [0.4, 0.5) is 10.8 Å². The van der Waals surface area contributed by atoms with Crippen molar-refractivity contribution in [3.05, 3.63) is 65.7 Å². The van der Waals surface area contributed by atoms with E-state index < -0.39 is 0 Å². The molecule has 22 heavy (non-hydrogen) atoms. The summed E-state index contributed by atoms with van der Waals surface area (Å²) in [6.07, 6.45) is 1.62. The summed E-state index contributed by atoms with van der Waals surface area (Å²) < 4.78 is 5.71. The standard InChI is InChI=1S/C16H13N3O2S/c17-14-7-6-12(21-11-4-2-1-3-5-11)10-13(14)15(20)19-16-18-8-9-22-16/h1-10H,17H2,(H,18,19,20). The number of carbonyl (C=O) groups excluding carboxylic acids is 1. The second-order valence-corrected chi connectivity index (χ2v) is 5.35. The number of nitrogen functional groups attached to an aromatic ring is 1. The van der Waals surface area contributed by atoms with Gasteiger partial charge in [0.25, 0.3) is 5.91 Å². The molecule has 110 valence electrons. The van der Waals surface area contributed by atoms with Crippen LogP contribution in [0.15, 0.2) is 60.1 Å². The van der Waals surface area contributed by atoms with Crippen LogP contribution in [-0.4, -0.2) is 10.9 Å². The molecule has 3 aromatic rings. The molecule has 0 aliphatic carbocycles. The van der Waals surface area contributed by atoms with Crippen LogP contribution in [0.5, 0.6) is 11.5 Å². The maximum atomic E-state index is 12.3. The van der Waals surface area contributed by atoms with Crippen LogP contribution in [0.3, 0.4) is 0 Å². The van der Waals surface area contributed by atoms with Crippen molar-refractivity contribution in [1.82, 2.24) is 4.98 Å². The first-order chi connectivity index (χ1) is 10.7. The summed E-state index contributed by atoms with van der Waals surface area (Å²) in [5.41, 5.74) is 6.61. The second kappa shape index (κ2) is 6.28. The zero-order chi connectivity index (χ0) is 15.4. The van der Waals surface area contributed by atoms with Crippen molar-refractivity contribution in [2.45, 2.75) is 0 Å². The first kappa shape index (κ1) is 14.1. The predicted molar refractivity (Wildman–Crippen MR) is 87.4 cm³/mol.